The average molecular weight is 563 g/mol. The molecule has 0 radical (unpaired) electrons. The van der Waals surface area contributed by atoms with Crippen LogP contribution in [0.1, 0.15) is 44.4 Å². The van der Waals surface area contributed by atoms with Crippen LogP contribution in [0, 0.1) is 5.92 Å². The molecule has 0 aliphatic heterocycles. The van der Waals surface area contributed by atoms with E-state index >= 15 is 0 Å². The molecule has 0 fully saturated rings. The molecule has 3 rings (SSSR count). The summed E-state index contributed by atoms with van der Waals surface area (Å²) in [5.74, 6) is -0.123. The number of benzene rings is 2. The Bertz CT molecular complexity index is 1280. The van der Waals surface area contributed by atoms with Crippen LogP contribution in [0.5, 0.6) is 0 Å². The van der Waals surface area contributed by atoms with Gasteiger partial charge < -0.3 is 10.7 Å². The number of hydrogen-bond donors (Lipinski definition) is 5. The van der Waals surface area contributed by atoms with Gasteiger partial charge in [0.2, 0.25) is 15.9 Å². The Morgan fingerprint density at radius 1 is 1.13 bits per heavy atom. The molecule has 208 valence electrons. The number of aromatic nitrogens is 1. The van der Waals surface area contributed by atoms with Crippen LogP contribution >= 0.6 is 12.6 Å². The lowest BCUT2D eigenvalue weighted by molar-refractivity contribution is -0.124. The highest BCUT2D eigenvalue weighted by Gasteiger charge is 2.21. The minimum absolute atomic E-state index is 0.229. The molecule has 0 bridgehead atoms. The number of amides is 2. The first-order chi connectivity index (χ1) is 17.9. The molecule has 0 saturated carbocycles. The Morgan fingerprint density at radius 2 is 1.71 bits per heavy atom. The summed E-state index contributed by atoms with van der Waals surface area (Å²) in [5, 5.41) is 9.33. The van der Waals surface area contributed by atoms with Gasteiger partial charge in [-0.05, 0) is 41.2 Å². The second kappa shape index (κ2) is 16.7. The Hall–Kier alpha value is -3.12. The molecule has 5 N–H and O–H groups in total. The van der Waals surface area contributed by atoms with Crippen molar-refractivity contribution in [2.24, 2.45) is 11.7 Å². The zero-order valence-corrected chi connectivity index (χ0v) is 23.9. The summed E-state index contributed by atoms with van der Waals surface area (Å²) in [6.45, 7) is 8.37. The summed E-state index contributed by atoms with van der Waals surface area (Å²) in [7, 11) is -3.51. The zero-order chi connectivity index (χ0) is 28.7. The van der Waals surface area contributed by atoms with E-state index in [1.807, 2.05) is 42.6 Å². The molecular formula is C27H38N4O5S2. The van der Waals surface area contributed by atoms with E-state index in [0.717, 1.165) is 33.5 Å². The first kappa shape index (κ1) is 32.9. The van der Waals surface area contributed by atoms with Crippen LogP contribution in [-0.4, -0.2) is 46.4 Å². The molecular weight excluding hydrogens is 524 g/mol. The molecule has 0 saturated heterocycles. The SMILES string of the molecule is CC(C)C.CC(N)=O.O=C(/C=C/c1ccc(CN(CCc2c[nH]c3ccccc23)S(=O)(=O)CS)cc1)NO. The van der Waals surface area contributed by atoms with E-state index in [9.17, 15) is 18.0 Å². The molecule has 38 heavy (non-hydrogen) atoms. The third-order valence-corrected chi connectivity index (χ3v) is 7.14. The lowest BCUT2D eigenvalue weighted by Crippen LogP contribution is -2.33. The van der Waals surface area contributed by atoms with E-state index in [1.165, 1.54) is 22.8 Å². The Labute approximate surface area is 230 Å². The van der Waals surface area contributed by atoms with Crippen molar-refractivity contribution in [3.05, 3.63) is 77.5 Å². The Balaban J connectivity index is 0.000000794. The van der Waals surface area contributed by atoms with Gasteiger partial charge in [0.1, 0.15) is 5.08 Å². The average Bonchev–Trinajstić information content (AvgIpc) is 3.28. The van der Waals surface area contributed by atoms with E-state index in [2.05, 4.69) is 44.1 Å². The number of nitrogens with zero attached hydrogens (tertiary/aromatic N) is 1. The van der Waals surface area contributed by atoms with Crippen molar-refractivity contribution in [1.82, 2.24) is 14.8 Å². The summed E-state index contributed by atoms with van der Waals surface area (Å²) >= 11 is 4.00. The standard InChI is InChI=1S/C21H23N3O4S2.C4H10.C2H5NO/c25-21(23-26)10-9-16-5-7-17(8-6-16)14-24(30(27,28)15-29)12-11-18-13-22-20-4-2-1-3-19(18)20;1-4(2)3;1-2(3)4/h1-10,13,22,26,29H,11-12,14-15H2,(H,23,25);4H,1-3H3;1H3,(H2,3,4)/b10-9+;;. The third-order valence-electron chi connectivity index (χ3n) is 4.74. The number of H-pyrrole nitrogens is 1. The summed E-state index contributed by atoms with van der Waals surface area (Å²) < 4.78 is 26.6. The lowest BCUT2D eigenvalue weighted by atomic mass is 10.1. The number of hydroxylamine groups is 1. The topological polar surface area (TPSA) is 146 Å². The van der Waals surface area contributed by atoms with Crippen LogP contribution < -0.4 is 11.2 Å². The number of fused-ring (bicyclic) bond motifs is 1. The first-order valence-electron chi connectivity index (χ1n) is 12.0. The van der Waals surface area contributed by atoms with Crippen molar-refractivity contribution in [1.29, 1.82) is 0 Å². The van der Waals surface area contributed by atoms with E-state index in [-0.39, 0.29) is 17.5 Å². The van der Waals surface area contributed by atoms with Gasteiger partial charge in [-0.15, -0.1) is 0 Å². The molecule has 0 aliphatic carbocycles. The number of aromatic amines is 1. The minimum atomic E-state index is -3.51. The van der Waals surface area contributed by atoms with Crippen LogP contribution in [0.3, 0.4) is 0 Å². The Kier molecular flexibility index (Phi) is 14.4. The van der Waals surface area contributed by atoms with Crippen molar-refractivity contribution in [2.75, 3.05) is 11.6 Å². The number of para-hydroxylation sites is 1. The van der Waals surface area contributed by atoms with Crippen LogP contribution in [0.25, 0.3) is 17.0 Å². The number of primary amides is 1. The van der Waals surface area contributed by atoms with Crippen molar-refractivity contribution in [2.45, 2.75) is 40.7 Å². The highest BCUT2D eigenvalue weighted by molar-refractivity contribution is 8.02. The molecule has 2 aromatic carbocycles. The molecule has 0 unspecified atom stereocenters. The summed E-state index contributed by atoms with van der Waals surface area (Å²) in [6.07, 6.45) is 5.25. The lowest BCUT2D eigenvalue weighted by Gasteiger charge is -2.21. The van der Waals surface area contributed by atoms with E-state index in [1.54, 1.807) is 18.2 Å². The number of nitrogens with two attached hydrogens (primary N) is 1. The largest absolute Gasteiger partial charge is 0.370 e. The van der Waals surface area contributed by atoms with Crippen LogP contribution in [0.15, 0.2) is 60.8 Å². The highest BCUT2D eigenvalue weighted by atomic mass is 32.3. The van der Waals surface area contributed by atoms with Gasteiger partial charge in [0.25, 0.3) is 5.91 Å². The summed E-state index contributed by atoms with van der Waals surface area (Å²) in [4.78, 5) is 23.5. The number of sulfonamides is 1. The second-order valence-corrected chi connectivity index (χ2v) is 11.8. The van der Waals surface area contributed by atoms with Crippen molar-refractivity contribution >= 4 is 51.4 Å². The van der Waals surface area contributed by atoms with Crippen molar-refractivity contribution < 1.29 is 23.2 Å². The smallest absolute Gasteiger partial charge is 0.267 e. The summed E-state index contributed by atoms with van der Waals surface area (Å²) in [6, 6.07) is 15.1. The number of carbonyl (C=O) groups excluding carboxylic acids is 2. The Morgan fingerprint density at radius 3 is 2.26 bits per heavy atom. The van der Waals surface area contributed by atoms with Crippen LogP contribution in [0.2, 0.25) is 0 Å². The number of rotatable bonds is 9. The third kappa shape index (κ3) is 12.4. The number of thiol groups is 1. The fourth-order valence-corrected chi connectivity index (χ4v) is 4.50. The van der Waals surface area contributed by atoms with Crippen LogP contribution in [-0.2, 0) is 32.6 Å². The van der Waals surface area contributed by atoms with Gasteiger partial charge in [0.05, 0.1) is 0 Å². The number of hydrogen-bond acceptors (Lipinski definition) is 6. The number of carbonyl (C=O) groups is 2. The molecule has 1 aromatic heterocycles. The second-order valence-electron chi connectivity index (χ2n) is 9.08. The van der Waals surface area contributed by atoms with E-state index < -0.39 is 15.9 Å². The van der Waals surface area contributed by atoms with Crippen molar-refractivity contribution in [3.8, 4) is 0 Å². The molecule has 1 heterocycles. The van der Waals surface area contributed by atoms with Gasteiger partial charge in [-0.3, -0.25) is 14.8 Å². The predicted octanol–water partition coefficient (Wildman–Crippen LogP) is 4.10. The zero-order valence-electron chi connectivity index (χ0n) is 22.2. The maximum atomic E-state index is 12.6. The monoisotopic (exact) mass is 562 g/mol. The molecule has 3 aromatic rings. The fourth-order valence-electron chi connectivity index (χ4n) is 3.13. The van der Waals surface area contributed by atoms with Crippen molar-refractivity contribution in [3.63, 3.8) is 0 Å². The first-order valence-corrected chi connectivity index (χ1v) is 14.2. The van der Waals surface area contributed by atoms with Gasteiger partial charge >= 0.3 is 0 Å². The minimum Gasteiger partial charge on any atom is -0.370 e. The fraction of sp³-hybridized carbons (Fsp3) is 0.333. The predicted molar refractivity (Wildman–Crippen MR) is 156 cm³/mol. The highest BCUT2D eigenvalue weighted by Crippen LogP contribution is 2.20. The number of nitrogens with one attached hydrogen (secondary N) is 2. The van der Waals surface area contributed by atoms with Gasteiger partial charge in [-0.25, -0.2) is 13.9 Å². The maximum absolute atomic E-state index is 12.6. The molecule has 0 spiro atoms. The van der Waals surface area contributed by atoms with Gasteiger partial charge in [0, 0.05) is 43.2 Å². The van der Waals surface area contributed by atoms with E-state index in [0.29, 0.717) is 13.0 Å². The molecule has 0 aliphatic rings. The molecule has 11 heteroatoms. The molecule has 2 amide bonds. The summed E-state index contributed by atoms with van der Waals surface area (Å²) in [5.41, 5.74) is 9.66. The maximum Gasteiger partial charge on any atom is 0.267 e. The van der Waals surface area contributed by atoms with Gasteiger partial charge in [0.15, 0.2) is 0 Å². The molecule has 0 atom stereocenters. The van der Waals surface area contributed by atoms with Crippen LogP contribution in [0.4, 0.5) is 0 Å². The normalized spacial score (nSPS) is 11.2. The van der Waals surface area contributed by atoms with E-state index in [4.69, 9.17) is 5.21 Å². The van der Waals surface area contributed by atoms with Gasteiger partial charge in [-0.1, -0.05) is 63.2 Å². The quantitative estimate of drug-likeness (QED) is 0.115. The molecule has 9 nitrogen and oxygen atoms in total. The van der Waals surface area contributed by atoms with Gasteiger partial charge in [-0.2, -0.15) is 16.9 Å².